The monoisotopic (exact) mass is 302 g/mol. The van der Waals surface area contributed by atoms with E-state index in [9.17, 15) is 4.79 Å². The van der Waals surface area contributed by atoms with Crippen molar-refractivity contribution in [1.29, 1.82) is 0 Å². The van der Waals surface area contributed by atoms with Gasteiger partial charge in [0.05, 0.1) is 11.9 Å². The minimum atomic E-state index is -0.0953. The fourth-order valence-corrected chi connectivity index (χ4v) is 2.61. The summed E-state index contributed by atoms with van der Waals surface area (Å²) in [4.78, 5) is 15.4. The largest absolute Gasteiger partial charge is 0.357 e. The van der Waals surface area contributed by atoms with Crippen molar-refractivity contribution in [2.45, 2.75) is 0 Å². The lowest BCUT2D eigenvalue weighted by Gasteiger charge is -2.01. The van der Waals surface area contributed by atoms with Crippen molar-refractivity contribution in [3.05, 3.63) is 79.0 Å². The topological polar surface area (TPSA) is 66.5 Å². The Balaban J connectivity index is 1.71. The van der Waals surface area contributed by atoms with Crippen LogP contribution in [0.2, 0.25) is 0 Å². The van der Waals surface area contributed by atoms with Crippen molar-refractivity contribution in [3.8, 4) is 22.4 Å². The van der Waals surface area contributed by atoms with E-state index in [0.29, 0.717) is 5.69 Å². The molecule has 2 N–H and O–H groups in total. The van der Waals surface area contributed by atoms with Gasteiger partial charge in [0.15, 0.2) is 0 Å². The molecule has 0 saturated carbocycles. The van der Waals surface area contributed by atoms with Crippen LogP contribution in [0, 0.1) is 0 Å². The first-order valence-electron chi connectivity index (χ1n) is 7.28. The second kappa shape index (κ2) is 5.46. The molecule has 0 bridgehead atoms. The lowest BCUT2D eigenvalue weighted by atomic mass is 10.0. The van der Waals surface area contributed by atoms with Crippen LogP contribution >= 0.6 is 0 Å². The fraction of sp³-hybridized carbons (Fsp3) is 0. The highest BCUT2D eigenvalue weighted by molar-refractivity contribution is 5.96. The third-order valence-corrected chi connectivity index (χ3v) is 3.77. The number of H-pyrrole nitrogens is 2. The molecule has 0 aliphatic rings. The maximum Gasteiger partial charge on any atom is 0.278 e. The van der Waals surface area contributed by atoms with Crippen LogP contribution in [0.3, 0.4) is 0 Å². The predicted molar refractivity (Wildman–Crippen MR) is 88.0 cm³/mol. The van der Waals surface area contributed by atoms with Gasteiger partial charge in [-0.25, -0.2) is 0 Å². The molecule has 0 spiro atoms. The lowest BCUT2D eigenvalue weighted by Crippen LogP contribution is -2.09. The molecule has 1 aromatic carbocycles. The first kappa shape index (κ1) is 13.3. The molecule has 3 aromatic heterocycles. The number of carbonyl (C=O) groups excluding carboxylic acids is 1. The smallest absolute Gasteiger partial charge is 0.278 e. The van der Waals surface area contributed by atoms with Gasteiger partial charge in [0.2, 0.25) is 0 Å². The molecular weight excluding hydrogens is 288 g/mol. The molecule has 0 amide bonds. The molecule has 4 aromatic rings. The van der Waals surface area contributed by atoms with Gasteiger partial charge < -0.3 is 4.98 Å². The average molecular weight is 302 g/mol. The summed E-state index contributed by atoms with van der Waals surface area (Å²) in [6, 6.07) is 15.5. The summed E-state index contributed by atoms with van der Waals surface area (Å²) in [5, 5.41) is 7.17. The first-order chi connectivity index (χ1) is 11.3. The van der Waals surface area contributed by atoms with E-state index < -0.39 is 0 Å². The van der Waals surface area contributed by atoms with Crippen LogP contribution in [-0.4, -0.2) is 25.7 Å². The van der Waals surface area contributed by atoms with Gasteiger partial charge in [0.25, 0.3) is 5.91 Å². The fourth-order valence-electron chi connectivity index (χ4n) is 2.61. The Bertz CT molecular complexity index is 933. The molecule has 0 aliphatic carbocycles. The molecule has 4 rings (SSSR count). The van der Waals surface area contributed by atoms with E-state index in [4.69, 9.17) is 0 Å². The van der Waals surface area contributed by atoms with Crippen LogP contribution < -0.4 is 0 Å². The zero-order valence-corrected chi connectivity index (χ0v) is 12.2. The van der Waals surface area contributed by atoms with Gasteiger partial charge in [-0.15, -0.1) is 0 Å². The molecule has 0 unspecified atom stereocenters. The van der Waals surface area contributed by atoms with E-state index in [1.807, 2.05) is 54.7 Å². The molecule has 0 atom stereocenters. The zero-order valence-electron chi connectivity index (χ0n) is 12.2. The van der Waals surface area contributed by atoms with Gasteiger partial charge in [-0.1, -0.05) is 30.3 Å². The number of rotatable bonds is 3. The predicted octanol–water partition coefficient (Wildman–Crippen LogP) is 3.56. The van der Waals surface area contributed by atoms with Gasteiger partial charge in [0.1, 0.15) is 5.69 Å². The summed E-state index contributed by atoms with van der Waals surface area (Å²) in [7, 11) is 0. The number of carbonyl (C=O) groups is 1. The summed E-state index contributed by atoms with van der Waals surface area (Å²) in [6.45, 7) is 0. The minimum absolute atomic E-state index is 0.0953. The molecule has 3 heterocycles. The average Bonchev–Trinajstić information content (AvgIpc) is 3.35. The van der Waals surface area contributed by atoms with Gasteiger partial charge in [-0.3, -0.25) is 14.5 Å². The van der Waals surface area contributed by atoms with E-state index in [-0.39, 0.29) is 5.91 Å². The summed E-state index contributed by atoms with van der Waals surface area (Å²) in [5.41, 5.74) is 4.40. The molecule has 0 saturated heterocycles. The number of aromatic amines is 2. The van der Waals surface area contributed by atoms with Crippen molar-refractivity contribution in [1.82, 2.24) is 19.7 Å². The number of nitrogens with one attached hydrogen (secondary N) is 2. The Morgan fingerprint density at radius 2 is 1.78 bits per heavy atom. The van der Waals surface area contributed by atoms with Crippen LogP contribution in [0.5, 0.6) is 0 Å². The van der Waals surface area contributed by atoms with Crippen molar-refractivity contribution in [2.75, 3.05) is 0 Å². The third kappa shape index (κ3) is 2.38. The second-order valence-electron chi connectivity index (χ2n) is 5.22. The normalized spacial score (nSPS) is 10.8. The summed E-state index contributed by atoms with van der Waals surface area (Å²) in [5.74, 6) is -0.0953. The molecule has 5 heteroatoms. The SMILES string of the molecule is O=C(c1cc(-c2[nH]ncc2-c2ccccc2)c[nH]1)n1cccc1. The highest BCUT2D eigenvalue weighted by atomic mass is 16.2. The van der Waals surface area contributed by atoms with Crippen LogP contribution in [0.1, 0.15) is 10.5 Å². The molecule has 112 valence electrons. The third-order valence-electron chi connectivity index (χ3n) is 3.77. The van der Waals surface area contributed by atoms with Crippen molar-refractivity contribution in [2.24, 2.45) is 0 Å². The Kier molecular flexibility index (Phi) is 3.16. The Labute approximate surface area is 132 Å². The van der Waals surface area contributed by atoms with Crippen molar-refractivity contribution in [3.63, 3.8) is 0 Å². The van der Waals surface area contributed by atoms with Gasteiger partial charge in [-0.05, 0) is 23.8 Å². The van der Waals surface area contributed by atoms with E-state index in [2.05, 4.69) is 15.2 Å². The van der Waals surface area contributed by atoms with Crippen molar-refractivity contribution >= 4 is 5.91 Å². The maximum atomic E-state index is 12.4. The van der Waals surface area contributed by atoms with Gasteiger partial charge in [0, 0.05) is 29.7 Å². The number of hydrogen-bond acceptors (Lipinski definition) is 2. The van der Waals surface area contributed by atoms with Crippen LogP contribution in [-0.2, 0) is 0 Å². The summed E-state index contributed by atoms with van der Waals surface area (Å²) in [6.07, 6.45) is 7.07. The van der Waals surface area contributed by atoms with Gasteiger partial charge in [-0.2, -0.15) is 5.10 Å². The molecule has 5 nitrogen and oxygen atoms in total. The Morgan fingerprint density at radius 1 is 1.00 bits per heavy atom. The molecule has 0 fully saturated rings. The van der Waals surface area contributed by atoms with Gasteiger partial charge >= 0.3 is 0 Å². The number of hydrogen-bond donors (Lipinski definition) is 2. The molecular formula is C18H14N4O. The number of nitrogens with zero attached hydrogens (tertiary/aromatic N) is 2. The lowest BCUT2D eigenvalue weighted by molar-refractivity contribution is 0.0956. The van der Waals surface area contributed by atoms with E-state index in [1.54, 1.807) is 23.2 Å². The number of aromatic nitrogens is 4. The zero-order chi connectivity index (χ0) is 15.6. The van der Waals surface area contributed by atoms with Crippen molar-refractivity contribution < 1.29 is 4.79 Å². The van der Waals surface area contributed by atoms with Crippen LogP contribution in [0.4, 0.5) is 0 Å². The summed E-state index contributed by atoms with van der Waals surface area (Å²) >= 11 is 0. The summed E-state index contributed by atoms with van der Waals surface area (Å²) < 4.78 is 1.54. The van der Waals surface area contributed by atoms with E-state index >= 15 is 0 Å². The molecule has 0 aliphatic heterocycles. The van der Waals surface area contributed by atoms with Crippen LogP contribution in [0.15, 0.2) is 73.3 Å². The second-order valence-corrected chi connectivity index (χ2v) is 5.22. The van der Waals surface area contributed by atoms with Crippen LogP contribution in [0.25, 0.3) is 22.4 Å². The highest BCUT2D eigenvalue weighted by Crippen LogP contribution is 2.30. The quantitative estimate of drug-likeness (QED) is 0.607. The standard InChI is InChI=1S/C18H14N4O/c23-18(22-8-4-5-9-22)16-10-14(11-19-16)17-15(12-20-21-17)13-6-2-1-3-7-13/h1-12,19H,(H,20,21). The minimum Gasteiger partial charge on any atom is -0.357 e. The molecule has 0 radical (unpaired) electrons. The maximum absolute atomic E-state index is 12.4. The Morgan fingerprint density at radius 3 is 2.57 bits per heavy atom. The van der Waals surface area contributed by atoms with E-state index in [0.717, 1.165) is 22.4 Å². The first-order valence-corrected chi connectivity index (χ1v) is 7.28. The highest BCUT2D eigenvalue weighted by Gasteiger charge is 2.14. The Hall–Kier alpha value is -3.34. The number of benzene rings is 1. The molecule has 23 heavy (non-hydrogen) atoms. The van der Waals surface area contributed by atoms with E-state index in [1.165, 1.54) is 0 Å².